The predicted octanol–water partition coefficient (Wildman–Crippen LogP) is 2.23. The van der Waals surface area contributed by atoms with Crippen molar-refractivity contribution in [3.05, 3.63) is 35.9 Å². The largest absolute Gasteiger partial charge is 0.393 e. The Morgan fingerprint density at radius 1 is 1.40 bits per heavy atom. The second-order valence-corrected chi connectivity index (χ2v) is 5.34. The second-order valence-electron chi connectivity index (χ2n) is 5.34. The molecule has 0 radical (unpaired) electrons. The van der Waals surface area contributed by atoms with Crippen LogP contribution in [0.2, 0.25) is 0 Å². The molecule has 1 aromatic carbocycles. The second kappa shape index (κ2) is 8.46. The first kappa shape index (κ1) is 17.2. The maximum Gasteiger partial charge on any atom is 0.188 e. The molecule has 0 aliphatic heterocycles. The van der Waals surface area contributed by atoms with Crippen LogP contribution in [0, 0.1) is 0 Å². The van der Waals surface area contributed by atoms with E-state index in [9.17, 15) is 5.11 Å². The molecule has 0 saturated heterocycles. The lowest BCUT2D eigenvalue weighted by Crippen LogP contribution is -2.33. The van der Waals surface area contributed by atoms with Crippen molar-refractivity contribution in [3.63, 3.8) is 0 Å². The van der Waals surface area contributed by atoms with E-state index < -0.39 is 0 Å². The highest BCUT2D eigenvalue weighted by molar-refractivity contribution is 14.0. The van der Waals surface area contributed by atoms with Gasteiger partial charge in [0, 0.05) is 18.5 Å². The standard InChI is InChI=1S/C15H23N3O.HI/c1-11(19)9-13(12-5-3-2-4-6-12)10-17-15(16)18-14-7-8-14;/h2-6,11,13-14,19H,7-10H2,1H3,(H3,16,17,18);1H. The zero-order valence-electron chi connectivity index (χ0n) is 11.8. The van der Waals surface area contributed by atoms with Crippen LogP contribution in [0.3, 0.4) is 0 Å². The van der Waals surface area contributed by atoms with E-state index in [0.717, 1.165) is 0 Å². The first-order chi connectivity index (χ1) is 9.15. The fourth-order valence-electron chi connectivity index (χ4n) is 2.14. The molecule has 0 bridgehead atoms. The first-order valence-corrected chi connectivity index (χ1v) is 6.94. The highest BCUT2D eigenvalue weighted by atomic mass is 127. The van der Waals surface area contributed by atoms with E-state index in [4.69, 9.17) is 5.73 Å². The molecule has 2 unspecified atom stereocenters. The Labute approximate surface area is 137 Å². The number of hydrogen-bond acceptors (Lipinski definition) is 2. The van der Waals surface area contributed by atoms with E-state index in [1.807, 2.05) is 25.1 Å². The molecule has 0 aromatic heterocycles. The van der Waals surface area contributed by atoms with E-state index in [0.29, 0.717) is 25.0 Å². The molecule has 112 valence electrons. The third-order valence-electron chi connectivity index (χ3n) is 3.31. The van der Waals surface area contributed by atoms with E-state index >= 15 is 0 Å². The van der Waals surface area contributed by atoms with Gasteiger partial charge in [0.2, 0.25) is 0 Å². The summed E-state index contributed by atoms with van der Waals surface area (Å²) in [5.41, 5.74) is 7.05. The van der Waals surface area contributed by atoms with Crippen molar-refractivity contribution in [2.75, 3.05) is 6.54 Å². The van der Waals surface area contributed by atoms with E-state index in [1.54, 1.807) is 0 Å². The van der Waals surface area contributed by atoms with Crippen LogP contribution in [0.15, 0.2) is 35.3 Å². The Morgan fingerprint density at radius 3 is 2.60 bits per heavy atom. The quantitative estimate of drug-likeness (QED) is 0.397. The van der Waals surface area contributed by atoms with Crippen LogP contribution >= 0.6 is 24.0 Å². The molecule has 4 N–H and O–H groups in total. The van der Waals surface area contributed by atoms with Gasteiger partial charge in [-0.25, -0.2) is 0 Å². The minimum absolute atomic E-state index is 0. The number of rotatable bonds is 6. The molecule has 2 atom stereocenters. The fraction of sp³-hybridized carbons (Fsp3) is 0.533. The molecule has 1 aromatic rings. The number of aliphatic imine (C=N–C) groups is 1. The predicted molar refractivity (Wildman–Crippen MR) is 93.5 cm³/mol. The maximum atomic E-state index is 9.61. The number of hydrogen-bond donors (Lipinski definition) is 3. The normalized spacial score (nSPS) is 18.0. The Morgan fingerprint density at radius 2 is 2.05 bits per heavy atom. The molecule has 5 heteroatoms. The summed E-state index contributed by atoms with van der Waals surface area (Å²) < 4.78 is 0. The number of guanidine groups is 1. The summed E-state index contributed by atoms with van der Waals surface area (Å²) in [6, 6.07) is 10.7. The van der Waals surface area contributed by atoms with E-state index in [1.165, 1.54) is 18.4 Å². The smallest absolute Gasteiger partial charge is 0.188 e. The maximum absolute atomic E-state index is 9.61. The minimum atomic E-state index is -0.335. The van der Waals surface area contributed by atoms with E-state index in [-0.39, 0.29) is 36.0 Å². The Balaban J connectivity index is 0.00000200. The van der Waals surface area contributed by atoms with Gasteiger partial charge < -0.3 is 16.2 Å². The number of nitrogens with two attached hydrogens (primary N) is 1. The van der Waals surface area contributed by atoms with Crippen molar-refractivity contribution in [2.45, 2.75) is 44.2 Å². The zero-order chi connectivity index (χ0) is 13.7. The van der Waals surface area contributed by atoms with Gasteiger partial charge in [-0.15, -0.1) is 24.0 Å². The van der Waals surface area contributed by atoms with Gasteiger partial charge in [-0.05, 0) is 31.7 Å². The van der Waals surface area contributed by atoms with Crippen molar-refractivity contribution >= 4 is 29.9 Å². The average molecular weight is 389 g/mol. The van der Waals surface area contributed by atoms with Gasteiger partial charge in [0.05, 0.1) is 6.10 Å². The topological polar surface area (TPSA) is 70.6 Å². The van der Waals surface area contributed by atoms with E-state index in [2.05, 4.69) is 22.4 Å². The summed E-state index contributed by atoms with van der Waals surface area (Å²) in [7, 11) is 0. The number of nitrogens with one attached hydrogen (secondary N) is 1. The highest BCUT2D eigenvalue weighted by Gasteiger charge is 2.21. The molecular weight excluding hydrogens is 365 g/mol. The monoisotopic (exact) mass is 389 g/mol. The molecule has 1 aliphatic carbocycles. The van der Waals surface area contributed by atoms with Crippen molar-refractivity contribution in [3.8, 4) is 0 Å². The molecular formula is C15H24IN3O. The van der Waals surface area contributed by atoms with Crippen LogP contribution in [-0.4, -0.2) is 29.8 Å². The lowest BCUT2D eigenvalue weighted by atomic mass is 9.93. The van der Waals surface area contributed by atoms with Crippen LogP contribution < -0.4 is 11.1 Å². The Kier molecular flexibility index (Phi) is 7.29. The third-order valence-corrected chi connectivity index (χ3v) is 3.31. The van der Waals surface area contributed by atoms with Gasteiger partial charge in [0.25, 0.3) is 0 Å². The van der Waals surface area contributed by atoms with Crippen LogP contribution in [0.4, 0.5) is 0 Å². The van der Waals surface area contributed by atoms with Crippen molar-refractivity contribution in [1.29, 1.82) is 0 Å². The first-order valence-electron chi connectivity index (χ1n) is 6.94. The summed E-state index contributed by atoms with van der Waals surface area (Å²) in [6.07, 6.45) is 2.74. The lowest BCUT2D eigenvalue weighted by Gasteiger charge is -2.17. The van der Waals surface area contributed by atoms with Gasteiger partial charge in [-0.2, -0.15) is 0 Å². The van der Waals surface area contributed by atoms with Crippen molar-refractivity contribution in [1.82, 2.24) is 5.32 Å². The summed E-state index contributed by atoms with van der Waals surface area (Å²) in [5.74, 6) is 0.731. The molecule has 0 spiro atoms. The molecule has 1 fully saturated rings. The number of aliphatic hydroxyl groups is 1. The third kappa shape index (κ3) is 6.09. The Bertz CT molecular complexity index is 418. The van der Waals surface area contributed by atoms with Crippen LogP contribution in [0.1, 0.15) is 37.7 Å². The molecule has 1 saturated carbocycles. The Hall–Kier alpha value is -0.820. The summed E-state index contributed by atoms with van der Waals surface area (Å²) in [4.78, 5) is 4.41. The zero-order valence-corrected chi connectivity index (χ0v) is 14.2. The van der Waals surface area contributed by atoms with Gasteiger partial charge in [0.1, 0.15) is 0 Å². The van der Waals surface area contributed by atoms with Gasteiger partial charge in [0.15, 0.2) is 5.96 Å². The van der Waals surface area contributed by atoms with Crippen LogP contribution in [-0.2, 0) is 0 Å². The van der Waals surface area contributed by atoms with Crippen LogP contribution in [0.5, 0.6) is 0 Å². The summed E-state index contributed by atoms with van der Waals surface area (Å²) in [5, 5.41) is 12.8. The average Bonchev–Trinajstić information content (AvgIpc) is 3.19. The van der Waals surface area contributed by atoms with Crippen LogP contribution in [0.25, 0.3) is 0 Å². The molecule has 1 aliphatic rings. The number of benzene rings is 1. The number of nitrogens with zero attached hydrogens (tertiary/aromatic N) is 1. The van der Waals surface area contributed by atoms with Gasteiger partial charge in [-0.1, -0.05) is 30.3 Å². The molecule has 4 nitrogen and oxygen atoms in total. The molecule has 2 rings (SSSR count). The van der Waals surface area contributed by atoms with Gasteiger partial charge >= 0.3 is 0 Å². The highest BCUT2D eigenvalue weighted by Crippen LogP contribution is 2.22. The van der Waals surface area contributed by atoms with Gasteiger partial charge in [-0.3, -0.25) is 4.99 Å². The van der Waals surface area contributed by atoms with Crippen molar-refractivity contribution in [2.24, 2.45) is 10.7 Å². The number of aliphatic hydroxyl groups excluding tert-OH is 1. The molecule has 20 heavy (non-hydrogen) atoms. The van der Waals surface area contributed by atoms with Crippen molar-refractivity contribution < 1.29 is 5.11 Å². The summed E-state index contributed by atoms with van der Waals surface area (Å²) >= 11 is 0. The number of halogens is 1. The minimum Gasteiger partial charge on any atom is -0.393 e. The summed E-state index contributed by atoms with van der Waals surface area (Å²) in [6.45, 7) is 2.42. The fourth-order valence-corrected chi connectivity index (χ4v) is 2.14. The molecule has 0 amide bonds. The molecule has 0 heterocycles. The SMILES string of the molecule is CC(O)CC(CN=C(N)NC1CC1)c1ccccc1.I. The lowest BCUT2D eigenvalue weighted by molar-refractivity contribution is 0.175.